The average molecular weight is 399 g/mol. The van der Waals surface area contributed by atoms with Gasteiger partial charge in [0.05, 0.1) is 5.56 Å². The number of amides is 1. The van der Waals surface area contributed by atoms with Gasteiger partial charge in [0.2, 0.25) is 0 Å². The minimum Gasteiger partial charge on any atom is -0.360 e. The second kappa shape index (κ2) is 7.62. The van der Waals surface area contributed by atoms with Crippen molar-refractivity contribution in [2.45, 2.75) is 38.6 Å². The molecule has 1 fully saturated rings. The van der Waals surface area contributed by atoms with Crippen molar-refractivity contribution >= 4 is 11.7 Å². The van der Waals surface area contributed by atoms with Crippen molar-refractivity contribution in [2.75, 3.05) is 0 Å². The van der Waals surface area contributed by atoms with E-state index in [1.807, 2.05) is 0 Å². The summed E-state index contributed by atoms with van der Waals surface area (Å²) in [6.07, 6.45) is 5.54. The van der Waals surface area contributed by atoms with Gasteiger partial charge in [0.15, 0.2) is 17.4 Å². The minimum atomic E-state index is -1.05. The van der Waals surface area contributed by atoms with Crippen LogP contribution in [-0.4, -0.2) is 27.9 Å². The third-order valence-electron chi connectivity index (χ3n) is 5.16. The summed E-state index contributed by atoms with van der Waals surface area (Å²) in [6.45, 7) is 1.56. The number of halogens is 2. The average Bonchev–Trinajstić information content (AvgIpc) is 3.44. The van der Waals surface area contributed by atoms with E-state index in [9.17, 15) is 18.4 Å². The Morgan fingerprint density at radius 3 is 2.66 bits per heavy atom. The second-order valence-electron chi connectivity index (χ2n) is 7.18. The number of benzene rings is 1. The van der Waals surface area contributed by atoms with Crippen molar-refractivity contribution in [3.8, 4) is 11.3 Å². The Morgan fingerprint density at radius 2 is 1.93 bits per heavy atom. The van der Waals surface area contributed by atoms with Gasteiger partial charge in [-0.15, -0.1) is 0 Å². The SMILES string of the molecule is Cc1onc(-c2ccc(F)c(F)c2)c1C(=O)c1c[nH]c(C(=O)NC2CCCC2)c1. The number of nitrogens with zero attached hydrogens (tertiary/aromatic N) is 1. The lowest BCUT2D eigenvalue weighted by molar-refractivity contribution is 0.0933. The number of rotatable bonds is 5. The van der Waals surface area contributed by atoms with Gasteiger partial charge in [-0.3, -0.25) is 9.59 Å². The van der Waals surface area contributed by atoms with Crippen molar-refractivity contribution in [3.63, 3.8) is 0 Å². The first-order valence-electron chi connectivity index (χ1n) is 9.39. The molecule has 0 unspecified atom stereocenters. The van der Waals surface area contributed by atoms with E-state index in [1.165, 1.54) is 18.3 Å². The summed E-state index contributed by atoms with van der Waals surface area (Å²) < 4.78 is 32.0. The highest BCUT2D eigenvalue weighted by molar-refractivity contribution is 6.13. The molecule has 1 amide bonds. The number of aryl methyl sites for hydroxylation is 1. The van der Waals surface area contributed by atoms with Crippen LogP contribution in [0.3, 0.4) is 0 Å². The normalized spacial score (nSPS) is 14.3. The summed E-state index contributed by atoms with van der Waals surface area (Å²) in [5.41, 5.74) is 1.00. The number of hydrogen-bond acceptors (Lipinski definition) is 4. The van der Waals surface area contributed by atoms with Crippen molar-refractivity contribution < 1.29 is 22.9 Å². The summed E-state index contributed by atoms with van der Waals surface area (Å²) in [6, 6.07) is 4.87. The van der Waals surface area contributed by atoms with E-state index in [-0.39, 0.29) is 45.8 Å². The predicted molar refractivity (Wildman–Crippen MR) is 101 cm³/mol. The quantitative estimate of drug-likeness (QED) is 0.631. The molecule has 0 atom stereocenters. The first-order valence-corrected chi connectivity index (χ1v) is 9.39. The zero-order valence-electron chi connectivity index (χ0n) is 15.7. The van der Waals surface area contributed by atoms with Crippen LogP contribution >= 0.6 is 0 Å². The fourth-order valence-electron chi connectivity index (χ4n) is 3.61. The van der Waals surface area contributed by atoms with Gasteiger partial charge in [0, 0.05) is 23.4 Å². The lowest BCUT2D eigenvalue weighted by Gasteiger charge is -2.10. The Hall–Kier alpha value is -3.29. The van der Waals surface area contributed by atoms with Gasteiger partial charge in [0.1, 0.15) is 17.1 Å². The Balaban J connectivity index is 1.60. The van der Waals surface area contributed by atoms with Crippen LogP contribution in [0.15, 0.2) is 35.0 Å². The maximum absolute atomic E-state index is 13.6. The molecule has 0 spiro atoms. The van der Waals surface area contributed by atoms with Crippen LogP contribution in [0.2, 0.25) is 0 Å². The van der Waals surface area contributed by atoms with Gasteiger partial charge in [-0.05, 0) is 44.0 Å². The molecule has 6 nitrogen and oxygen atoms in total. The van der Waals surface area contributed by atoms with Crippen LogP contribution in [0, 0.1) is 18.6 Å². The number of aromatic nitrogens is 2. The van der Waals surface area contributed by atoms with E-state index >= 15 is 0 Å². The van der Waals surface area contributed by atoms with Crippen molar-refractivity contribution in [2.24, 2.45) is 0 Å². The molecule has 1 aromatic carbocycles. The zero-order valence-corrected chi connectivity index (χ0v) is 15.7. The molecule has 0 saturated heterocycles. The molecule has 8 heteroatoms. The molecule has 0 bridgehead atoms. The maximum Gasteiger partial charge on any atom is 0.267 e. The van der Waals surface area contributed by atoms with Gasteiger partial charge < -0.3 is 14.8 Å². The largest absolute Gasteiger partial charge is 0.360 e. The van der Waals surface area contributed by atoms with E-state index in [0.717, 1.165) is 37.8 Å². The first kappa shape index (κ1) is 19.0. The van der Waals surface area contributed by atoms with E-state index in [4.69, 9.17) is 4.52 Å². The number of nitrogens with one attached hydrogen (secondary N) is 2. The van der Waals surface area contributed by atoms with Gasteiger partial charge in [0.25, 0.3) is 5.91 Å². The van der Waals surface area contributed by atoms with Crippen molar-refractivity contribution in [1.29, 1.82) is 0 Å². The highest BCUT2D eigenvalue weighted by Crippen LogP contribution is 2.29. The number of ketones is 1. The highest BCUT2D eigenvalue weighted by Gasteiger charge is 2.25. The highest BCUT2D eigenvalue weighted by atomic mass is 19.2. The molecule has 4 rings (SSSR count). The molecular formula is C21H19F2N3O3. The molecule has 1 aliphatic carbocycles. The van der Waals surface area contributed by atoms with E-state index < -0.39 is 17.4 Å². The number of aromatic amines is 1. The van der Waals surface area contributed by atoms with Crippen LogP contribution in [0.25, 0.3) is 11.3 Å². The van der Waals surface area contributed by atoms with Crippen molar-refractivity contribution in [3.05, 3.63) is 64.7 Å². The molecular weight excluding hydrogens is 380 g/mol. The summed E-state index contributed by atoms with van der Waals surface area (Å²) in [7, 11) is 0. The van der Waals surface area contributed by atoms with Crippen molar-refractivity contribution in [1.82, 2.24) is 15.5 Å². The third kappa shape index (κ3) is 3.70. The maximum atomic E-state index is 13.6. The Kier molecular flexibility index (Phi) is 5.00. The number of hydrogen-bond donors (Lipinski definition) is 2. The standard InChI is InChI=1S/C21H19F2N3O3/c1-11-18(19(26-29-11)12-6-7-15(22)16(23)8-12)20(27)13-9-17(24-10-13)21(28)25-14-4-2-3-5-14/h6-10,14,24H,2-5H2,1H3,(H,25,28). The summed E-state index contributed by atoms with van der Waals surface area (Å²) in [5.74, 6) is -2.49. The monoisotopic (exact) mass is 399 g/mol. The van der Waals surface area contributed by atoms with Crippen LogP contribution in [0.5, 0.6) is 0 Å². The number of carbonyl (C=O) groups excluding carboxylic acids is 2. The molecule has 2 N–H and O–H groups in total. The van der Waals surface area contributed by atoms with Gasteiger partial charge in [-0.2, -0.15) is 0 Å². The number of carbonyl (C=O) groups is 2. The van der Waals surface area contributed by atoms with E-state index in [1.54, 1.807) is 6.92 Å². The Morgan fingerprint density at radius 1 is 1.17 bits per heavy atom. The lowest BCUT2D eigenvalue weighted by Crippen LogP contribution is -2.32. The van der Waals surface area contributed by atoms with Gasteiger partial charge >= 0.3 is 0 Å². The smallest absolute Gasteiger partial charge is 0.267 e. The Labute approximate surface area is 165 Å². The Bertz CT molecular complexity index is 1080. The minimum absolute atomic E-state index is 0.115. The molecule has 0 radical (unpaired) electrons. The fraction of sp³-hybridized carbons (Fsp3) is 0.286. The summed E-state index contributed by atoms with van der Waals surface area (Å²) in [4.78, 5) is 28.2. The molecule has 150 valence electrons. The molecule has 29 heavy (non-hydrogen) atoms. The topological polar surface area (TPSA) is 88.0 Å². The zero-order chi connectivity index (χ0) is 20.5. The molecule has 1 saturated carbocycles. The van der Waals surface area contributed by atoms with E-state index in [0.29, 0.717) is 0 Å². The molecule has 2 heterocycles. The third-order valence-corrected chi connectivity index (χ3v) is 5.16. The molecule has 1 aliphatic rings. The molecule has 2 aromatic heterocycles. The van der Waals surface area contributed by atoms with Gasteiger partial charge in [-0.25, -0.2) is 8.78 Å². The van der Waals surface area contributed by atoms with Crippen LogP contribution in [0.4, 0.5) is 8.78 Å². The summed E-state index contributed by atoms with van der Waals surface area (Å²) >= 11 is 0. The van der Waals surface area contributed by atoms with Crippen LogP contribution in [0.1, 0.15) is 57.9 Å². The first-order chi connectivity index (χ1) is 13.9. The second-order valence-corrected chi connectivity index (χ2v) is 7.18. The molecule has 3 aromatic rings. The lowest BCUT2D eigenvalue weighted by atomic mass is 9.99. The summed E-state index contributed by atoms with van der Waals surface area (Å²) in [5, 5.41) is 6.79. The molecule has 0 aliphatic heterocycles. The van der Waals surface area contributed by atoms with Crippen LogP contribution < -0.4 is 5.32 Å². The van der Waals surface area contributed by atoms with E-state index in [2.05, 4.69) is 15.5 Å². The number of H-pyrrole nitrogens is 1. The van der Waals surface area contributed by atoms with Gasteiger partial charge in [-0.1, -0.05) is 18.0 Å². The van der Waals surface area contributed by atoms with Crippen LogP contribution in [-0.2, 0) is 0 Å². The predicted octanol–water partition coefficient (Wildman–Crippen LogP) is 4.16. The fourth-order valence-corrected chi connectivity index (χ4v) is 3.61.